The minimum absolute atomic E-state index is 0.149. The van der Waals surface area contributed by atoms with Crippen molar-refractivity contribution in [1.82, 2.24) is 0 Å². The molecule has 1 saturated heterocycles. The van der Waals surface area contributed by atoms with Gasteiger partial charge < -0.3 is 24.1 Å². The van der Waals surface area contributed by atoms with E-state index in [1.54, 1.807) is 6.08 Å². The van der Waals surface area contributed by atoms with E-state index in [1.807, 2.05) is 19.9 Å². The van der Waals surface area contributed by atoms with E-state index in [1.165, 1.54) is 14.0 Å². The van der Waals surface area contributed by atoms with Crippen molar-refractivity contribution in [3.8, 4) is 0 Å². The summed E-state index contributed by atoms with van der Waals surface area (Å²) in [6.07, 6.45) is 3.72. The molecule has 196 valence electrons. The van der Waals surface area contributed by atoms with Gasteiger partial charge in [0, 0.05) is 19.6 Å². The van der Waals surface area contributed by atoms with E-state index in [4.69, 9.17) is 18.9 Å². The highest BCUT2D eigenvalue weighted by Gasteiger charge is 2.70. The lowest BCUT2D eigenvalue weighted by Crippen LogP contribution is -2.63. The molecule has 1 N–H and O–H groups in total. The number of esters is 2. The van der Waals surface area contributed by atoms with Gasteiger partial charge in [-0.3, -0.25) is 9.59 Å². The van der Waals surface area contributed by atoms with Crippen molar-refractivity contribution in [2.75, 3.05) is 7.11 Å². The first-order valence-electron chi connectivity index (χ1n) is 12.7. The van der Waals surface area contributed by atoms with E-state index >= 15 is 0 Å². The van der Waals surface area contributed by atoms with Crippen LogP contribution < -0.4 is 0 Å². The van der Waals surface area contributed by atoms with E-state index in [-0.39, 0.29) is 29.1 Å². The van der Waals surface area contributed by atoms with Gasteiger partial charge in [0.1, 0.15) is 6.10 Å². The van der Waals surface area contributed by atoms with Crippen LogP contribution in [0.3, 0.4) is 0 Å². The predicted molar refractivity (Wildman–Crippen MR) is 132 cm³/mol. The Kier molecular flexibility index (Phi) is 8.34. The third-order valence-electron chi connectivity index (χ3n) is 8.89. The Balaban J connectivity index is 2.15. The molecule has 0 aromatic carbocycles. The maximum atomic E-state index is 12.7. The van der Waals surface area contributed by atoms with Gasteiger partial charge >= 0.3 is 11.9 Å². The van der Waals surface area contributed by atoms with Crippen molar-refractivity contribution in [3.63, 3.8) is 0 Å². The highest BCUT2D eigenvalue weighted by molar-refractivity contribution is 5.72. The fourth-order valence-electron chi connectivity index (χ4n) is 6.39. The van der Waals surface area contributed by atoms with Crippen LogP contribution in [0.4, 0.5) is 0 Å². The Labute approximate surface area is 209 Å². The molecule has 2 aliphatic carbocycles. The maximum absolute atomic E-state index is 12.7. The summed E-state index contributed by atoms with van der Waals surface area (Å²) in [6.45, 7) is 17.5. The van der Waals surface area contributed by atoms with Crippen LogP contribution in [0.15, 0.2) is 36.5 Å². The van der Waals surface area contributed by atoms with Gasteiger partial charge in [-0.1, -0.05) is 52.5 Å². The number of aliphatic hydroxyl groups excluding tert-OH is 1. The zero-order chi connectivity index (χ0) is 26.1. The Morgan fingerprint density at radius 1 is 1.34 bits per heavy atom. The molecular formula is C28H42O7. The first-order valence-corrected chi connectivity index (χ1v) is 12.7. The van der Waals surface area contributed by atoms with Crippen molar-refractivity contribution < 1.29 is 33.6 Å². The minimum Gasteiger partial charge on any atom is -0.458 e. The highest BCUT2D eigenvalue weighted by Crippen LogP contribution is 2.67. The van der Waals surface area contributed by atoms with Crippen LogP contribution in [0.25, 0.3) is 0 Å². The second-order valence-electron chi connectivity index (χ2n) is 10.8. The largest absolute Gasteiger partial charge is 0.458 e. The lowest BCUT2D eigenvalue weighted by Gasteiger charge is -2.60. The number of ether oxygens (including phenoxy) is 4. The average molecular weight is 491 g/mol. The van der Waals surface area contributed by atoms with Crippen LogP contribution in [0.2, 0.25) is 0 Å². The molecule has 0 radical (unpaired) electrons. The highest BCUT2D eigenvalue weighted by atomic mass is 16.8. The number of carbonyl (C=O) groups excluding carboxylic acids is 2. The molecule has 0 bridgehead atoms. The van der Waals surface area contributed by atoms with Crippen molar-refractivity contribution >= 4 is 11.9 Å². The summed E-state index contributed by atoms with van der Waals surface area (Å²) in [7, 11) is 1.52. The molecular weight excluding hydrogens is 448 g/mol. The zero-order valence-corrected chi connectivity index (χ0v) is 22.0. The quantitative estimate of drug-likeness (QED) is 0.285. The smallest absolute Gasteiger partial charge is 0.309 e. The monoisotopic (exact) mass is 490 g/mol. The normalized spacial score (nSPS) is 39.0. The molecule has 1 spiro atoms. The second-order valence-corrected chi connectivity index (χ2v) is 10.8. The third-order valence-corrected chi connectivity index (χ3v) is 8.89. The molecule has 3 aliphatic rings. The summed E-state index contributed by atoms with van der Waals surface area (Å²) in [5.41, 5.74) is 0.343. The number of hydrogen-bond donors (Lipinski definition) is 1. The summed E-state index contributed by atoms with van der Waals surface area (Å²) in [5.74, 6) is -1.01. The summed E-state index contributed by atoms with van der Waals surface area (Å²) >= 11 is 0. The molecule has 1 aliphatic heterocycles. The average Bonchev–Trinajstić information content (AvgIpc) is 3.13. The van der Waals surface area contributed by atoms with E-state index in [0.717, 1.165) is 18.4 Å². The topological polar surface area (TPSA) is 91.3 Å². The molecule has 7 nitrogen and oxygen atoms in total. The number of aliphatic hydroxyl groups is 1. The van der Waals surface area contributed by atoms with Crippen molar-refractivity contribution in [3.05, 3.63) is 36.5 Å². The van der Waals surface area contributed by atoms with Crippen LogP contribution in [-0.2, 0) is 28.5 Å². The lowest BCUT2D eigenvalue weighted by atomic mass is 9.45. The number of carbonyl (C=O) groups is 2. The molecule has 35 heavy (non-hydrogen) atoms. The molecule has 9 atom stereocenters. The lowest BCUT2D eigenvalue weighted by molar-refractivity contribution is -0.254. The van der Waals surface area contributed by atoms with E-state index in [2.05, 4.69) is 27.0 Å². The third kappa shape index (κ3) is 4.75. The van der Waals surface area contributed by atoms with Gasteiger partial charge in [0.05, 0.1) is 17.4 Å². The molecule has 1 heterocycles. The first kappa shape index (κ1) is 27.6. The van der Waals surface area contributed by atoms with E-state index in [0.29, 0.717) is 24.8 Å². The van der Waals surface area contributed by atoms with E-state index < -0.39 is 36.2 Å². The van der Waals surface area contributed by atoms with Crippen LogP contribution in [-0.4, -0.2) is 48.9 Å². The Morgan fingerprint density at radius 2 is 2.03 bits per heavy atom. The van der Waals surface area contributed by atoms with Crippen LogP contribution >= 0.6 is 0 Å². The molecule has 1 saturated carbocycles. The Bertz CT molecular complexity index is 879. The maximum Gasteiger partial charge on any atom is 0.309 e. The summed E-state index contributed by atoms with van der Waals surface area (Å²) in [5, 5.41) is 11.7. The molecule has 3 rings (SSSR count). The molecule has 2 fully saturated rings. The summed E-state index contributed by atoms with van der Waals surface area (Å²) in [6, 6.07) is 0. The van der Waals surface area contributed by atoms with Gasteiger partial charge in [-0.05, 0) is 55.4 Å². The van der Waals surface area contributed by atoms with E-state index in [9.17, 15) is 14.7 Å². The number of allylic oxidation sites excluding steroid dienone is 2. The minimum atomic E-state index is -1.00. The number of rotatable bonds is 9. The van der Waals surface area contributed by atoms with Crippen molar-refractivity contribution in [1.29, 1.82) is 0 Å². The van der Waals surface area contributed by atoms with Gasteiger partial charge in [0.2, 0.25) is 6.29 Å². The standard InChI is InChI=1S/C28H42O7/c1-9-16(3)11-12-27(7)18(5)13-23(30)28-21(25(32-8)35-26(28)33-19(6)29)14-20(15-22(27)28)34-24(31)17(4)10-2/h9,14,17-18,20,22-23,25-26,30H,1,3,10-13,15H2,2,4-8H3/t17-,18-,20+,22+,23+,25+,26-,27-,28-/m1/s1. The van der Waals surface area contributed by atoms with Gasteiger partial charge in [0.25, 0.3) is 0 Å². The fraction of sp³-hybridized carbons (Fsp3) is 0.714. The molecule has 0 unspecified atom stereocenters. The Hall–Kier alpha value is -1.96. The first-order chi connectivity index (χ1) is 16.4. The van der Waals surface area contributed by atoms with Gasteiger partial charge in [0.15, 0.2) is 6.29 Å². The second kappa shape index (κ2) is 10.6. The number of methoxy groups -OCH3 is 1. The van der Waals surface area contributed by atoms with Gasteiger partial charge in [-0.15, -0.1) is 0 Å². The molecule has 0 amide bonds. The predicted octanol–water partition coefficient (Wildman–Crippen LogP) is 4.70. The summed E-state index contributed by atoms with van der Waals surface area (Å²) < 4.78 is 23.5. The molecule has 0 aromatic rings. The number of hydrogen-bond acceptors (Lipinski definition) is 7. The fourth-order valence-corrected chi connectivity index (χ4v) is 6.39. The van der Waals surface area contributed by atoms with Crippen LogP contribution in [0, 0.1) is 28.6 Å². The van der Waals surface area contributed by atoms with Crippen LogP contribution in [0.1, 0.15) is 66.7 Å². The van der Waals surface area contributed by atoms with Crippen LogP contribution in [0.5, 0.6) is 0 Å². The van der Waals surface area contributed by atoms with Gasteiger partial charge in [-0.2, -0.15) is 0 Å². The summed E-state index contributed by atoms with van der Waals surface area (Å²) in [4.78, 5) is 24.9. The zero-order valence-electron chi connectivity index (χ0n) is 22.0. The van der Waals surface area contributed by atoms with Gasteiger partial charge in [-0.25, -0.2) is 0 Å². The molecule has 0 aromatic heterocycles. The SMILES string of the molecule is C=CC(=C)CC[C@]1(C)[C@H](C)C[C@H](O)[C@@]23C(=C[C@H](OC(=O)[C@H](C)CC)C[C@@H]12)[C@@H](OC)O[C@H]3OC(C)=O. The Morgan fingerprint density at radius 3 is 2.60 bits per heavy atom. The van der Waals surface area contributed by atoms with Crippen molar-refractivity contribution in [2.24, 2.45) is 28.6 Å². The molecule has 7 heteroatoms. The van der Waals surface area contributed by atoms with Crippen molar-refractivity contribution in [2.45, 2.75) is 91.5 Å².